The first-order chi connectivity index (χ1) is 11.2. The summed E-state index contributed by atoms with van der Waals surface area (Å²) in [4.78, 5) is 25.3. The number of carbonyl (C=O) groups is 2. The van der Waals surface area contributed by atoms with Gasteiger partial charge in [-0.15, -0.1) is 0 Å². The Morgan fingerprint density at radius 2 is 1.83 bits per heavy atom. The minimum atomic E-state index is -0.503. The van der Waals surface area contributed by atoms with Crippen molar-refractivity contribution >= 4 is 23.7 Å². The van der Waals surface area contributed by atoms with E-state index in [0.29, 0.717) is 31.2 Å². The molecule has 7 heteroatoms. The third-order valence-electron chi connectivity index (χ3n) is 3.54. The van der Waals surface area contributed by atoms with Crippen LogP contribution in [0.3, 0.4) is 0 Å². The molecular weight excluding hydrogens is 330 g/mol. The summed E-state index contributed by atoms with van der Waals surface area (Å²) < 4.78 is 5.17. The Morgan fingerprint density at radius 3 is 2.42 bits per heavy atom. The largest absolute Gasteiger partial charge is 0.444 e. The third kappa shape index (κ3) is 5.92. The van der Waals surface area contributed by atoms with Gasteiger partial charge in [-0.2, -0.15) is 0 Å². The van der Waals surface area contributed by atoms with Crippen LogP contribution in [-0.2, 0) is 11.3 Å². The van der Waals surface area contributed by atoms with Crippen molar-refractivity contribution in [3.05, 3.63) is 34.9 Å². The first-order valence-corrected chi connectivity index (χ1v) is 8.35. The van der Waals surface area contributed by atoms with Crippen molar-refractivity contribution in [2.75, 3.05) is 19.6 Å². The van der Waals surface area contributed by atoms with Crippen molar-refractivity contribution < 1.29 is 14.3 Å². The lowest BCUT2D eigenvalue weighted by molar-refractivity contribution is 0.0490. The fraction of sp³-hybridized carbons (Fsp3) is 0.529. The van der Waals surface area contributed by atoms with Crippen LogP contribution in [0.1, 0.15) is 26.3 Å². The summed E-state index contributed by atoms with van der Waals surface area (Å²) >= 11 is 5.83. The van der Waals surface area contributed by atoms with Crippen molar-refractivity contribution in [2.24, 2.45) is 5.92 Å². The fourth-order valence-electron chi connectivity index (χ4n) is 2.30. The number of urea groups is 1. The molecule has 1 aromatic rings. The van der Waals surface area contributed by atoms with Gasteiger partial charge < -0.3 is 20.3 Å². The highest BCUT2D eigenvalue weighted by atomic mass is 35.5. The van der Waals surface area contributed by atoms with Crippen molar-refractivity contribution in [1.29, 1.82) is 0 Å². The summed E-state index contributed by atoms with van der Waals surface area (Å²) in [6.45, 7) is 7.70. The Labute approximate surface area is 147 Å². The van der Waals surface area contributed by atoms with E-state index >= 15 is 0 Å². The number of alkyl carbamates (subject to hydrolysis) is 1. The zero-order chi connectivity index (χ0) is 17.7. The van der Waals surface area contributed by atoms with E-state index in [-0.39, 0.29) is 11.9 Å². The standard InChI is InChI=1S/C17H24ClN3O3/c1-17(2,3)24-16(23)20-9-13-10-21(11-13)15(22)19-8-12-4-6-14(18)7-5-12/h4-7,13H,8-11H2,1-3H3,(H,19,22)(H,20,23). The van der Waals surface area contributed by atoms with Gasteiger partial charge in [0, 0.05) is 37.1 Å². The lowest BCUT2D eigenvalue weighted by Crippen LogP contribution is -2.56. The highest BCUT2D eigenvalue weighted by Gasteiger charge is 2.31. The minimum absolute atomic E-state index is 0.0986. The Kier molecular flexibility index (Phi) is 5.94. The van der Waals surface area contributed by atoms with Crippen LogP contribution in [0.15, 0.2) is 24.3 Å². The number of carbonyl (C=O) groups excluding carboxylic acids is 2. The summed E-state index contributed by atoms with van der Waals surface area (Å²) in [5.41, 5.74) is 0.494. The molecule has 2 N–H and O–H groups in total. The van der Waals surface area contributed by atoms with Gasteiger partial charge in [0.15, 0.2) is 0 Å². The van der Waals surface area contributed by atoms with Crippen LogP contribution in [0.2, 0.25) is 5.02 Å². The Balaban J connectivity index is 1.62. The number of hydrogen-bond donors (Lipinski definition) is 2. The minimum Gasteiger partial charge on any atom is -0.444 e. The molecule has 1 saturated heterocycles. The molecule has 0 atom stereocenters. The average molecular weight is 354 g/mol. The first-order valence-electron chi connectivity index (χ1n) is 7.97. The van der Waals surface area contributed by atoms with E-state index in [4.69, 9.17) is 16.3 Å². The van der Waals surface area contributed by atoms with E-state index in [1.807, 2.05) is 32.9 Å². The molecule has 6 nitrogen and oxygen atoms in total. The molecule has 1 fully saturated rings. The van der Waals surface area contributed by atoms with E-state index in [9.17, 15) is 9.59 Å². The summed E-state index contributed by atoms with van der Waals surface area (Å²) in [5.74, 6) is 0.263. The van der Waals surface area contributed by atoms with Gasteiger partial charge in [-0.3, -0.25) is 0 Å². The van der Waals surface area contributed by atoms with Crippen LogP contribution in [0.5, 0.6) is 0 Å². The van der Waals surface area contributed by atoms with Crippen LogP contribution >= 0.6 is 11.6 Å². The molecule has 0 bridgehead atoms. The van der Waals surface area contributed by atoms with Gasteiger partial charge in [-0.05, 0) is 38.5 Å². The van der Waals surface area contributed by atoms with Crippen molar-refractivity contribution in [3.8, 4) is 0 Å². The molecule has 0 aromatic heterocycles. The van der Waals surface area contributed by atoms with Gasteiger partial charge in [-0.25, -0.2) is 9.59 Å². The maximum atomic E-state index is 12.0. The van der Waals surface area contributed by atoms with Gasteiger partial charge in [0.25, 0.3) is 0 Å². The number of nitrogens with zero attached hydrogens (tertiary/aromatic N) is 1. The predicted octanol–water partition coefficient (Wildman–Crippen LogP) is 3.01. The molecule has 0 unspecified atom stereocenters. The molecule has 0 radical (unpaired) electrons. The molecule has 0 aliphatic carbocycles. The monoisotopic (exact) mass is 353 g/mol. The molecular formula is C17H24ClN3O3. The topological polar surface area (TPSA) is 70.7 Å². The second-order valence-electron chi connectivity index (χ2n) is 6.94. The number of rotatable bonds is 4. The van der Waals surface area contributed by atoms with Crippen LogP contribution in [-0.4, -0.2) is 42.3 Å². The van der Waals surface area contributed by atoms with Crippen molar-refractivity contribution in [1.82, 2.24) is 15.5 Å². The number of benzene rings is 1. The van der Waals surface area contributed by atoms with Gasteiger partial charge >= 0.3 is 12.1 Å². The van der Waals surface area contributed by atoms with E-state index in [2.05, 4.69) is 10.6 Å². The molecule has 1 aromatic carbocycles. The van der Waals surface area contributed by atoms with Gasteiger partial charge in [0.2, 0.25) is 0 Å². The average Bonchev–Trinajstić information content (AvgIpc) is 2.43. The molecule has 24 heavy (non-hydrogen) atoms. The van der Waals surface area contributed by atoms with E-state index in [1.165, 1.54) is 0 Å². The van der Waals surface area contributed by atoms with Crippen LogP contribution in [0.4, 0.5) is 9.59 Å². The van der Waals surface area contributed by atoms with Crippen LogP contribution in [0, 0.1) is 5.92 Å². The number of halogens is 1. The summed E-state index contributed by atoms with van der Waals surface area (Å²) in [7, 11) is 0. The molecule has 2 rings (SSSR count). The number of ether oxygens (including phenoxy) is 1. The highest BCUT2D eigenvalue weighted by Crippen LogP contribution is 2.15. The maximum absolute atomic E-state index is 12.0. The lowest BCUT2D eigenvalue weighted by Gasteiger charge is -2.39. The van der Waals surface area contributed by atoms with Crippen molar-refractivity contribution in [3.63, 3.8) is 0 Å². The lowest BCUT2D eigenvalue weighted by atomic mass is 10.0. The molecule has 1 aliphatic heterocycles. The number of nitrogens with one attached hydrogen (secondary N) is 2. The van der Waals surface area contributed by atoms with Gasteiger partial charge in [-0.1, -0.05) is 23.7 Å². The molecule has 1 aliphatic rings. The van der Waals surface area contributed by atoms with E-state index in [0.717, 1.165) is 5.56 Å². The smallest absolute Gasteiger partial charge is 0.407 e. The first kappa shape index (κ1) is 18.4. The normalized spacial score (nSPS) is 14.8. The zero-order valence-corrected chi connectivity index (χ0v) is 15.0. The molecule has 1 heterocycles. The Morgan fingerprint density at radius 1 is 1.21 bits per heavy atom. The molecule has 0 saturated carbocycles. The molecule has 3 amide bonds. The van der Waals surface area contributed by atoms with Gasteiger partial charge in [0.1, 0.15) is 5.60 Å². The Bertz CT molecular complexity index is 578. The Hall–Kier alpha value is -1.95. The number of amides is 3. The second kappa shape index (κ2) is 7.75. The number of hydrogen-bond acceptors (Lipinski definition) is 3. The summed E-state index contributed by atoms with van der Waals surface area (Å²) in [5, 5.41) is 6.27. The summed E-state index contributed by atoms with van der Waals surface area (Å²) in [6, 6.07) is 7.26. The molecule has 132 valence electrons. The van der Waals surface area contributed by atoms with Crippen molar-refractivity contribution in [2.45, 2.75) is 32.9 Å². The number of likely N-dealkylation sites (tertiary alicyclic amines) is 1. The molecule has 0 spiro atoms. The second-order valence-corrected chi connectivity index (χ2v) is 7.38. The van der Waals surface area contributed by atoms with Crippen LogP contribution in [0.25, 0.3) is 0 Å². The summed E-state index contributed by atoms with van der Waals surface area (Å²) in [6.07, 6.45) is -0.423. The predicted molar refractivity (Wildman–Crippen MR) is 93.0 cm³/mol. The highest BCUT2D eigenvalue weighted by molar-refractivity contribution is 6.30. The zero-order valence-electron chi connectivity index (χ0n) is 14.3. The third-order valence-corrected chi connectivity index (χ3v) is 3.79. The fourth-order valence-corrected chi connectivity index (χ4v) is 2.42. The van der Waals surface area contributed by atoms with E-state index in [1.54, 1.807) is 17.0 Å². The maximum Gasteiger partial charge on any atom is 0.407 e. The SMILES string of the molecule is CC(C)(C)OC(=O)NCC1CN(C(=O)NCc2ccc(Cl)cc2)C1. The van der Waals surface area contributed by atoms with E-state index < -0.39 is 11.7 Å². The van der Waals surface area contributed by atoms with Crippen LogP contribution < -0.4 is 10.6 Å². The van der Waals surface area contributed by atoms with Gasteiger partial charge in [0.05, 0.1) is 0 Å². The quantitative estimate of drug-likeness (QED) is 0.874.